The third-order valence-electron chi connectivity index (χ3n) is 4.39. The zero-order valence-corrected chi connectivity index (χ0v) is 14.0. The summed E-state index contributed by atoms with van der Waals surface area (Å²) in [6.07, 6.45) is 8.76. The van der Waals surface area contributed by atoms with E-state index < -0.39 is 0 Å². The maximum absolute atomic E-state index is 4.69. The molecule has 4 aromatic rings. The molecule has 0 unspecified atom stereocenters. The van der Waals surface area contributed by atoms with E-state index in [4.69, 9.17) is 0 Å². The minimum Gasteiger partial charge on any atom is -0.323 e. The Morgan fingerprint density at radius 2 is 2.08 bits per heavy atom. The minimum atomic E-state index is 0.564. The van der Waals surface area contributed by atoms with E-state index in [1.807, 2.05) is 48.8 Å². The Morgan fingerprint density at radius 3 is 3.00 bits per heavy atom. The van der Waals surface area contributed by atoms with E-state index in [2.05, 4.69) is 37.5 Å². The first-order valence-electron chi connectivity index (χ1n) is 8.54. The molecule has 0 fully saturated rings. The number of anilines is 2. The molecule has 0 saturated heterocycles. The number of dihydropyridines is 1. The van der Waals surface area contributed by atoms with Gasteiger partial charge in [0.05, 0.1) is 5.52 Å². The number of benzene rings is 1. The molecule has 0 radical (unpaired) electrons. The average molecular weight is 340 g/mol. The predicted molar refractivity (Wildman–Crippen MR) is 104 cm³/mol. The number of allylic oxidation sites excluding steroid dienone is 1. The molecule has 1 N–H and O–H groups in total. The Balaban J connectivity index is 1.53. The number of hydrogen-bond donors (Lipinski definition) is 1. The zero-order chi connectivity index (χ0) is 17.3. The molecule has 0 saturated carbocycles. The van der Waals surface area contributed by atoms with Crippen molar-refractivity contribution < 1.29 is 0 Å². The molecule has 1 aromatic carbocycles. The van der Waals surface area contributed by atoms with Crippen molar-refractivity contribution in [2.75, 3.05) is 11.9 Å². The topological polar surface area (TPSA) is 67.5 Å². The molecule has 26 heavy (non-hydrogen) atoms. The summed E-state index contributed by atoms with van der Waals surface area (Å²) in [5.41, 5.74) is 4.85. The summed E-state index contributed by atoms with van der Waals surface area (Å²) in [4.78, 5) is 13.4. The lowest BCUT2D eigenvalue weighted by Gasteiger charge is -2.06. The second kappa shape index (κ2) is 6.07. The molecule has 4 heterocycles. The van der Waals surface area contributed by atoms with Gasteiger partial charge in [0.15, 0.2) is 5.65 Å². The third kappa shape index (κ3) is 2.61. The van der Waals surface area contributed by atoms with Gasteiger partial charge >= 0.3 is 0 Å². The van der Waals surface area contributed by atoms with Crippen molar-refractivity contribution in [2.24, 2.45) is 4.99 Å². The van der Waals surface area contributed by atoms with Crippen molar-refractivity contribution in [3.05, 3.63) is 66.5 Å². The van der Waals surface area contributed by atoms with Crippen LogP contribution in [-0.2, 0) is 0 Å². The predicted octanol–water partition coefficient (Wildman–Crippen LogP) is 3.88. The normalized spacial score (nSPS) is 13.9. The van der Waals surface area contributed by atoms with Crippen molar-refractivity contribution >= 4 is 40.0 Å². The van der Waals surface area contributed by atoms with Gasteiger partial charge in [0.2, 0.25) is 5.95 Å². The molecule has 0 spiro atoms. The Kier molecular flexibility index (Phi) is 3.45. The molecule has 6 nitrogen and oxygen atoms in total. The van der Waals surface area contributed by atoms with Gasteiger partial charge in [-0.15, -0.1) is 5.10 Å². The summed E-state index contributed by atoms with van der Waals surface area (Å²) >= 11 is 0. The minimum absolute atomic E-state index is 0.564. The van der Waals surface area contributed by atoms with Crippen LogP contribution in [0.1, 0.15) is 12.0 Å². The summed E-state index contributed by atoms with van der Waals surface area (Å²) in [6.45, 7) is 0.850. The van der Waals surface area contributed by atoms with E-state index in [1.54, 1.807) is 10.7 Å². The number of aliphatic imine (C=N–C) groups is 1. The van der Waals surface area contributed by atoms with Crippen molar-refractivity contribution in [2.45, 2.75) is 6.42 Å². The van der Waals surface area contributed by atoms with E-state index in [-0.39, 0.29) is 0 Å². The first-order valence-corrected chi connectivity index (χ1v) is 8.54. The van der Waals surface area contributed by atoms with Gasteiger partial charge in [0, 0.05) is 41.8 Å². The quantitative estimate of drug-likeness (QED) is 0.614. The lowest BCUT2D eigenvalue weighted by Crippen LogP contribution is -1.97. The van der Waals surface area contributed by atoms with E-state index in [1.165, 1.54) is 0 Å². The molecule has 1 aliphatic heterocycles. The van der Waals surface area contributed by atoms with E-state index >= 15 is 0 Å². The van der Waals surface area contributed by atoms with E-state index in [0.717, 1.165) is 46.3 Å². The SMILES string of the molecule is C1=NCCC=C1c1cccn2nc(Nc3ccc4ncccc4c3)nc12. The first-order chi connectivity index (χ1) is 12.9. The van der Waals surface area contributed by atoms with Crippen LogP contribution in [0, 0.1) is 0 Å². The van der Waals surface area contributed by atoms with Crippen molar-refractivity contribution in [1.82, 2.24) is 19.6 Å². The molecule has 5 rings (SSSR count). The number of nitrogens with one attached hydrogen (secondary N) is 1. The molecule has 126 valence electrons. The summed E-state index contributed by atoms with van der Waals surface area (Å²) in [5, 5.41) is 8.92. The molecular weight excluding hydrogens is 324 g/mol. The average Bonchev–Trinajstić information content (AvgIpc) is 3.11. The highest BCUT2D eigenvalue weighted by molar-refractivity contribution is 6.12. The van der Waals surface area contributed by atoms with Gasteiger partial charge in [0.1, 0.15) is 0 Å². The van der Waals surface area contributed by atoms with Gasteiger partial charge in [0.25, 0.3) is 0 Å². The molecule has 3 aromatic heterocycles. The lowest BCUT2D eigenvalue weighted by atomic mass is 10.1. The van der Waals surface area contributed by atoms with Crippen LogP contribution in [0.4, 0.5) is 11.6 Å². The Bertz CT molecular complexity index is 1170. The third-order valence-corrected chi connectivity index (χ3v) is 4.39. The Labute approximate surface area is 149 Å². The van der Waals surface area contributed by atoms with Crippen LogP contribution in [0.5, 0.6) is 0 Å². The number of fused-ring (bicyclic) bond motifs is 2. The van der Waals surface area contributed by atoms with Gasteiger partial charge < -0.3 is 5.32 Å². The van der Waals surface area contributed by atoms with Gasteiger partial charge in [-0.2, -0.15) is 4.98 Å². The van der Waals surface area contributed by atoms with Crippen molar-refractivity contribution in [3.8, 4) is 0 Å². The van der Waals surface area contributed by atoms with Crippen LogP contribution in [0.2, 0.25) is 0 Å². The summed E-state index contributed by atoms with van der Waals surface area (Å²) in [5.74, 6) is 0.564. The highest BCUT2D eigenvalue weighted by Gasteiger charge is 2.12. The summed E-state index contributed by atoms with van der Waals surface area (Å²) in [6, 6.07) is 14.0. The van der Waals surface area contributed by atoms with E-state index in [0.29, 0.717) is 5.95 Å². The molecule has 0 aliphatic carbocycles. The first kappa shape index (κ1) is 14.8. The lowest BCUT2D eigenvalue weighted by molar-refractivity contribution is 0.962. The Hall–Kier alpha value is -3.54. The number of hydrogen-bond acceptors (Lipinski definition) is 5. The van der Waals surface area contributed by atoms with Crippen LogP contribution in [0.15, 0.2) is 65.9 Å². The monoisotopic (exact) mass is 340 g/mol. The number of aromatic nitrogens is 4. The number of pyridine rings is 2. The standard InChI is InChI=1S/C20H16N6/c1-5-15(13-21-9-1)17-6-3-11-26-19(17)24-20(25-26)23-16-7-8-18-14(12-16)4-2-10-22-18/h2-8,10-13H,1,9H2,(H,23,25). The maximum atomic E-state index is 4.69. The second-order valence-electron chi connectivity index (χ2n) is 6.14. The van der Waals surface area contributed by atoms with Crippen LogP contribution in [0.25, 0.3) is 22.1 Å². The van der Waals surface area contributed by atoms with Crippen LogP contribution < -0.4 is 5.32 Å². The van der Waals surface area contributed by atoms with Gasteiger partial charge in [-0.3, -0.25) is 9.98 Å². The van der Waals surface area contributed by atoms with Gasteiger partial charge in [-0.05, 0) is 48.4 Å². The molecule has 0 atom stereocenters. The second-order valence-corrected chi connectivity index (χ2v) is 6.14. The summed E-state index contributed by atoms with van der Waals surface area (Å²) < 4.78 is 1.80. The number of rotatable bonds is 3. The fourth-order valence-corrected chi connectivity index (χ4v) is 3.16. The van der Waals surface area contributed by atoms with E-state index in [9.17, 15) is 0 Å². The van der Waals surface area contributed by atoms with Crippen LogP contribution in [-0.4, -0.2) is 32.3 Å². The highest BCUT2D eigenvalue weighted by Crippen LogP contribution is 2.23. The highest BCUT2D eigenvalue weighted by atomic mass is 15.3. The largest absolute Gasteiger partial charge is 0.323 e. The number of nitrogens with zero attached hydrogens (tertiary/aromatic N) is 5. The van der Waals surface area contributed by atoms with Crippen molar-refractivity contribution in [3.63, 3.8) is 0 Å². The van der Waals surface area contributed by atoms with Crippen LogP contribution in [0.3, 0.4) is 0 Å². The smallest absolute Gasteiger partial charge is 0.247 e. The Morgan fingerprint density at radius 1 is 1.08 bits per heavy atom. The zero-order valence-electron chi connectivity index (χ0n) is 14.0. The van der Waals surface area contributed by atoms with Crippen LogP contribution >= 0.6 is 0 Å². The van der Waals surface area contributed by atoms with Crippen molar-refractivity contribution in [1.29, 1.82) is 0 Å². The molecule has 6 heteroatoms. The summed E-state index contributed by atoms with van der Waals surface area (Å²) in [7, 11) is 0. The fraction of sp³-hybridized carbons (Fsp3) is 0.100. The molecular formula is C20H16N6. The van der Waals surface area contributed by atoms with Gasteiger partial charge in [-0.1, -0.05) is 12.1 Å². The van der Waals surface area contributed by atoms with Gasteiger partial charge in [-0.25, -0.2) is 4.52 Å². The molecule has 0 amide bonds. The molecule has 1 aliphatic rings. The maximum Gasteiger partial charge on any atom is 0.247 e. The fourth-order valence-electron chi connectivity index (χ4n) is 3.16. The molecule has 0 bridgehead atoms.